The van der Waals surface area contributed by atoms with Gasteiger partial charge in [-0.1, -0.05) is 13.0 Å². The summed E-state index contributed by atoms with van der Waals surface area (Å²) in [5.74, 6) is 2.49. The SMILES string of the molecule is CC12CC[C@@H]3c4ccc(O)cc4CCC3[C@@H]1CC[C@H]2O. The second-order valence-corrected chi connectivity index (χ2v) is 7.44. The molecule has 20 heavy (non-hydrogen) atoms. The van der Waals surface area contributed by atoms with Crippen molar-refractivity contribution in [3.8, 4) is 5.75 Å². The van der Waals surface area contributed by atoms with Gasteiger partial charge in [-0.25, -0.2) is 0 Å². The molecule has 108 valence electrons. The molecule has 3 aliphatic carbocycles. The number of fused-ring (bicyclic) bond motifs is 5. The van der Waals surface area contributed by atoms with Gasteiger partial charge in [-0.2, -0.15) is 0 Å². The average Bonchev–Trinajstić information content (AvgIpc) is 2.74. The molecule has 2 unspecified atom stereocenters. The molecule has 0 heterocycles. The van der Waals surface area contributed by atoms with Crippen molar-refractivity contribution < 1.29 is 10.2 Å². The van der Waals surface area contributed by atoms with Crippen LogP contribution in [-0.2, 0) is 6.42 Å². The normalized spacial score (nSPS) is 42.7. The van der Waals surface area contributed by atoms with Crippen molar-refractivity contribution in [2.24, 2.45) is 17.3 Å². The van der Waals surface area contributed by atoms with Crippen LogP contribution in [-0.4, -0.2) is 16.3 Å². The molecule has 3 aliphatic rings. The van der Waals surface area contributed by atoms with Gasteiger partial charge in [0.05, 0.1) is 6.10 Å². The standard InChI is InChI=1S/C18H24O2/c1-18-9-8-14-13-5-3-12(19)10-11(13)2-4-15(14)16(18)6-7-17(18)20/h3,5,10,14-17,19-20H,2,4,6-9H2,1H3/t14-,15?,16+,17-,18?/m1/s1. The average molecular weight is 272 g/mol. The fourth-order valence-electron chi connectivity index (χ4n) is 5.54. The van der Waals surface area contributed by atoms with E-state index in [0.717, 1.165) is 25.2 Å². The van der Waals surface area contributed by atoms with Gasteiger partial charge in [0.25, 0.3) is 0 Å². The number of benzene rings is 1. The van der Waals surface area contributed by atoms with Crippen LogP contribution in [0.3, 0.4) is 0 Å². The van der Waals surface area contributed by atoms with E-state index in [9.17, 15) is 10.2 Å². The quantitative estimate of drug-likeness (QED) is 0.757. The number of aromatic hydroxyl groups is 1. The summed E-state index contributed by atoms with van der Waals surface area (Å²) >= 11 is 0. The maximum Gasteiger partial charge on any atom is 0.115 e. The molecule has 0 aromatic heterocycles. The van der Waals surface area contributed by atoms with Crippen LogP contribution in [0.25, 0.3) is 0 Å². The number of hydrogen-bond donors (Lipinski definition) is 2. The minimum Gasteiger partial charge on any atom is -0.508 e. The highest BCUT2D eigenvalue weighted by atomic mass is 16.3. The zero-order chi connectivity index (χ0) is 13.9. The topological polar surface area (TPSA) is 40.5 Å². The summed E-state index contributed by atoms with van der Waals surface area (Å²) in [4.78, 5) is 0. The van der Waals surface area contributed by atoms with Crippen molar-refractivity contribution in [2.75, 3.05) is 0 Å². The number of phenols is 1. The van der Waals surface area contributed by atoms with E-state index < -0.39 is 0 Å². The van der Waals surface area contributed by atoms with Crippen molar-refractivity contribution in [1.82, 2.24) is 0 Å². The molecule has 0 amide bonds. The van der Waals surface area contributed by atoms with Gasteiger partial charge in [-0.3, -0.25) is 0 Å². The maximum absolute atomic E-state index is 10.4. The molecule has 0 bridgehead atoms. The molecular formula is C18H24O2. The minimum absolute atomic E-state index is 0.0883. The van der Waals surface area contributed by atoms with E-state index in [2.05, 4.69) is 13.0 Å². The Balaban J connectivity index is 1.71. The van der Waals surface area contributed by atoms with E-state index in [4.69, 9.17) is 0 Å². The predicted octanol–water partition coefficient (Wildman–Crippen LogP) is 3.61. The third-order valence-corrected chi connectivity index (χ3v) is 6.66. The van der Waals surface area contributed by atoms with Crippen molar-refractivity contribution in [3.05, 3.63) is 29.3 Å². The maximum atomic E-state index is 10.4. The van der Waals surface area contributed by atoms with E-state index in [1.54, 1.807) is 0 Å². The minimum atomic E-state index is -0.0883. The van der Waals surface area contributed by atoms with Crippen LogP contribution in [0.1, 0.15) is 56.1 Å². The molecular weight excluding hydrogens is 248 g/mol. The summed E-state index contributed by atoms with van der Waals surface area (Å²) in [5, 5.41) is 20.0. The smallest absolute Gasteiger partial charge is 0.115 e. The van der Waals surface area contributed by atoms with Crippen LogP contribution in [0, 0.1) is 17.3 Å². The van der Waals surface area contributed by atoms with Crippen LogP contribution in [0.2, 0.25) is 0 Å². The Kier molecular flexibility index (Phi) is 2.69. The fourth-order valence-corrected chi connectivity index (χ4v) is 5.54. The Labute approximate surface area is 120 Å². The highest BCUT2D eigenvalue weighted by molar-refractivity contribution is 5.40. The first-order valence-electron chi connectivity index (χ1n) is 8.09. The van der Waals surface area contributed by atoms with Crippen molar-refractivity contribution >= 4 is 0 Å². The van der Waals surface area contributed by atoms with E-state index in [1.165, 1.54) is 30.4 Å². The lowest BCUT2D eigenvalue weighted by Crippen LogP contribution is -2.43. The molecule has 4 rings (SSSR count). The molecule has 0 radical (unpaired) electrons. The van der Waals surface area contributed by atoms with E-state index >= 15 is 0 Å². The highest BCUT2D eigenvalue weighted by Gasteiger charge is 2.54. The van der Waals surface area contributed by atoms with Crippen molar-refractivity contribution in [1.29, 1.82) is 0 Å². The van der Waals surface area contributed by atoms with Crippen LogP contribution in [0.4, 0.5) is 0 Å². The second-order valence-electron chi connectivity index (χ2n) is 7.44. The molecule has 2 nitrogen and oxygen atoms in total. The zero-order valence-corrected chi connectivity index (χ0v) is 12.2. The molecule has 0 saturated heterocycles. The van der Waals surface area contributed by atoms with Gasteiger partial charge >= 0.3 is 0 Å². The largest absolute Gasteiger partial charge is 0.508 e. The van der Waals surface area contributed by atoms with E-state index in [-0.39, 0.29) is 11.5 Å². The van der Waals surface area contributed by atoms with Gasteiger partial charge in [-0.15, -0.1) is 0 Å². The number of aliphatic hydroxyl groups excluding tert-OH is 1. The Bertz CT molecular complexity index is 538. The second kappa shape index (κ2) is 4.24. The molecule has 2 N–H and O–H groups in total. The third-order valence-electron chi connectivity index (χ3n) is 6.66. The molecule has 5 atom stereocenters. The zero-order valence-electron chi connectivity index (χ0n) is 12.2. The Morgan fingerprint density at radius 3 is 2.85 bits per heavy atom. The number of aryl methyl sites for hydroxylation is 1. The van der Waals surface area contributed by atoms with Crippen LogP contribution in [0.5, 0.6) is 5.75 Å². The predicted molar refractivity (Wildman–Crippen MR) is 78.7 cm³/mol. The number of hydrogen-bond acceptors (Lipinski definition) is 2. The van der Waals surface area contributed by atoms with Gasteiger partial charge in [0.2, 0.25) is 0 Å². The Morgan fingerprint density at radius 1 is 1.15 bits per heavy atom. The number of aliphatic hydroxyl groups is 1. The van der Waals surface area contributed by atoms with Gasteiger partial charge < -0.3 is 10.2 Å². The van der Waals surface area contributed by atoms with Crippen LogP contribution in [0.15, 0.2) is 18.2 Å². The number of phenolic OH excluding ortho intramolecular Hbond substituents is 1. The molecule has 2 saturated carbocycles. The van der Waals surface area contributed by atoms with Gasteiger partial charge in [-0.05, 0) is 85.0 Å². The molecule has 0 spiro atoms. The summed E-state index contributed by atoms with van der Waals surface area (Å²) in [6.45, 7) is 2.32. The molecule has 2 heteroatoms. The van der Waals surface area contributed by atoms with Crippen molar-refractivity contribution in [3.63, 3.8) is 0 Å². The summed E-state index contributed by atoms with van der Waals surface area (Å²) < 4.78 is 0. The van der Waals surface area contributed by atoms with E-state index in [0.29, 0.717) is 17.6 Å². The van der Waals surface area contributed by atoms with Gasteiger partial charge in [0.1, 0.15) is 5.75 Å². The highest BCUT2D eigenvalue weighted by Crippen LogP contribution is 2.60. The fraction of sp³-hybridized carbons (Fsp3) is 0.667. The van der Waals surface area contributed by atoms with Crippen LogP contribution < -0.4 is 0 Å². The molecule has 0 aliphatic heterocycles. The summed E-state index contributed by atoms with van der Waals surface area (Å²) in [6, 6.07) is 5.96. The van der Waals surface area contributed by atoms with Gasteiger partial charge in [0, 0.05) is 0 Å². The Hall–Kier alpha value is -1.02. The first kappa shape index (κ1) is 12.7. The summed E-state index contributed by atoms with van der Waals surface area (Å²) in [6.07, 6.45) is 6.78. The van der Waals surface area contributed by atoms with E-state index in [1.807, 2.05) is 12.1 Å². The summed E-state index contributed by atoms with van der Waals surface area (Å²) in [5.41, 5.74) is 2.99. The lowest BCUT2D eigenvalue weighted by molar-refractivity contribution is -0.0226. The van der Waals surface area contributed by atoms with Crippen molar-refractivity contribution in [2.45, 2.75) is 57.5 Å². The first-order valence-corrected chi connectivity index (χ1v) is 8.09. The van der Waals surface area contributed by atoms with Gasteiger partial charge in [0.15, 0.2) is 0 Å². The molecule has 2 fully saturated rings. The first-order chi connectivity index (χ1) is 9.59. The lowest BCUT2D eigenvalue weighted by Gasteiger charge is -2.50. The molecule has 1 aromatic rings. The Morgan fingerprint density at radius 2 is 2.00 bits per heavy atom. The van der Waals surface area contributed by atoms with Crippen LogP contribution >= 0.6 is 0 Å². The summed E-state index contributed by atoms with van der Waals surface area (Å²) in [7, 11) is 0. The molecule has 1 aromatic carbocycles. The third kappa shape index (κ3) is 1.60. The lowest BCUT2D eigenvalue weighted by atomic mass is 9.55. The monoisotopic (exact) mass is 272 g/mol. The number of rotatable bonds is 0.